The molecule has 1 aliphatic heterocycles. The Morgan fingerprint density at radius 1 is 0.760 bits per heavy atom. The van der Waals surface area contributed by atoms with Gasteiger partial charge in [-0.05, 0) is 30.0 Å². The van der Waals surface area contributed by atoms with Gasteiger partial charge in [0.05, 0.1) is 0 Å². The van der Waals surface area contributed by atoms with E-state index in [2.05, 4.69) is 104 Å². The predicted octanol–water partition coefficient (Wildman–Crippen LogP) is 6.86. The molecule has 2 atom stereocenters. The molecule has 0 aliphatic carbocycles. The number of rotatable bonds is 3. The second kappa shape index (κ2) is 6.93. The maximum absolute atomic E-state index is 2.46. The van der Waals surface area contributed by atoms with Crippen molar-refractivity contribution in [1.82, 2.24) is 0 Å². The molecule has 0 nitrogen and oxygen atoms in total. The van der Waals surface area contributed by atoms with E-state index in [0.717, 1.165) is 6.42 Å². The summed E-state index contributed by atoms with van der Waals surface area (Å²) in [4.78, 5) is 1.38. The van der Waals surface area contributed by atoms with Gasteiger partial charge in [0.2, 0.25) is 0 Å². The highest BCUT2D eigenvalue weighted by atomic mass is 32.2. The van der Waals surface area contributed by atoms with Crippen molar-refractivity contribution < 1.29 is 0 Å². The molecule has 0 N–H and O–H groups in total. The molecule has 0 aromatic heterocycles. The Bertz CT molecular complexity index is 852. The van der Waals surface area contributed by atoms with Crippen molar-refractivity contribution in [3.63, 3.8) is 0 Å². The van der Waals surface area contributed by atoms with Crippen molar-refractivity contribution in [3.05, 3.63) is 114 Å². The zero-order valence-corrected chi connectivity index (χ0v) is 15.2. The van der Waals surface area contributed by atoms with Crippen molar-refractivity contribution in [3.8, 4) is 0 Å². The molecule has 4 rings (SSSR count). The van der Waals surface area contributed by atoms with Gasteiger partial charge in [0.15, 0.2) is 0 Å². The zero-order chi connectivity index (χ0) is 17.1. The first-order chi connectivity index (χ1) is 12.2. The Balaban J connectivity index is 1.79. The molecule has 0 saturated heterocycles. The second-order valence-corrected chi connectivity index (χ2v) is 8.36. The van der Waals surface area contributed by atoms with Gasteiger partial charge in [-0.25, -0.2) is 0 Å². The summed E-state index contributed by atoms with van der Waals surface area (Å²) in [7, 11) is 0. The standard InChI is InChI=1S/C24H22S/c1-24(22-15-9-4-10-16-22)18-21(19-11-5-2-6-12-19)17-23(25-24)20-13-7-3-8-14-20/h2-17,21H,18H2,1H3/t21-,24-/m1/s1. The van der Waals surface area contributed by atoms with E-state index in [9.17, 15) is 0 Å². The van der Waals surface area contributed by atoms with Crippen molar-refractivity contribution >= 4 is 16.7 Å². The lowest BCUT2D eigenvalue weighted by molar-refractivity contribution is 0.577. The third kappa shape index (κ3) is 3.43. The number of hydrogen-bond acceptors (Lipinski definition) is 1. The Morgan fingerprint density at radius 2 is 1.32 bits per heavy atom. The molecule has 0 amide bonds. The fraction of sp³-hybridized carbons (Fsp3) is 0.167. The van der Waals surface area contributed by atoms with Gasteiger partial charge in [0, 0.05) is 15.6 Å². The maximum Gasteiger partial charge on any atom is 0.0436 e. The lowest BCUT2D eigenvalue weighted by Crippen LogP contribution is -2.23. The lowest BCUT2D eigenvalue weighted by Gasteiger charge is -2.38. The van der Waals surface area contributed by atoms with Gasteiger partial charge in [-0.1, -0.05) is 97.1 Å². The molecular weight excluding hydrogens is 320 g/mol. The van der Waals surface area contributed by atoms with Crippen LogP contribution in [0.2, 0.25) is 0 Å². The fourth-order valence-corrected chi connectivity index (χ4v) is 5.11. The molecule has 0 unspecified atom stereocenters. The molecule has 3 aromatic carbocycles. The zero-order valence-electron chi connectivity index (χ0n) is 14.4. The molecule has 25 heavy (non-hydrogen) atoms. The lowest BCUT2D eigenvalue weighted by atomic mass is 9.84. The van der Waals surface area contributed by atoms with Crippen molar-refractivity contribution in [2.75, 3.05) is 0 Å². The van der Waals surface area contributed by atoms with Crippen LogP contribution in [-0.2, 0) is 4.75 Å². The van der Waals surface area contributed by atoms with E-state index in [1.165, 1.54) is 21.6 Å². The highest BCUT2D eigenvalue weighted by Crippen LogP contribution is 2.54. The van der Waals surface area contributed by atoms with Gasteiger partial charge < -0.3 is 0 Å². The average molecular weight is 343 g/mol. The van der Waals surface area contributed by atoms with Gasteiger partial charge in [0.25, 0.3) is 0 Å². The van der Waals surface area contributed by atoms with Crippen LogP contribution in [0.5, 0.6) is 0 Å². The van der Waals surface area contributed by atoms with Crippen LogP contribution in [0.1, 0.15) is 36.0 Å². The molecule has 0 fully saturated rings. The van der Waals surface area contributed by atoms with Gasteiger partial charge in [-0.2, -0.15) is 0 Å². The predicted molar refractivity (Wildman–Crippen MR) is 110 cm³/mol. The number of hydrogen-bond donors (Lipinski definition) is 0. The molecule has 0 bridgehead atoms. The maximum atomic E-state index is 2.46. The Morgan fingerprint density at radius 3 is 1.96 bits per heavy atom. The first-order valence-electron chi connectivity index (χ1n) is 8.81. The van der Waals surface area contributed by atoms with Crippen LogP contribution in [0.15, 0.2) is 97.1 Å². The molecule has 1 aliphatic rings. The first kappa shape index (κ1) is 16.2. The quantitative estimate of drug-likeness (QED) is 0.501. The monoisotopic (exact) mass is 342 g/mol. The Labute approximate surface area is 154 Å². The first-order valence-corrected chi connectivity index (χ1v) is 9.63. The van der Waals surface area contributed by atoms with Gasteiger partial charge in [0.1, 0.15) is 0 Å². The van der Waals surface area contributed by atoms with Gasteiger partial charge >= 0.3 is 0 Å². The third-order valence-electron chi connectivity index (χ3n) is 4.97. The van der Waals surface area contributed by atoms with E-state index < -0.39 is 0 Å². The molecule has 0 radical (unpaired) electrons. The highest BCUT2D eigenvalue weighted by molar-refractivity contribution is 8.09. The molecule has 3 aromatic rings. The summed E-state index contributed by atoms with van der Waals surface area (Å²) in [6.45, 7) is 2.39. The summed E-state index contributed by atoms with van der Waals surface area (Å²) >= 11 is 2.00. The molecule has 1 heteroatoms. The minimum absolute atomic E-state index is 0.0711. The van der Waals surface area contributed by atoms with Crippen LogP contribution in [0.25, 0.3) is 4.91 Å². The van der Waals surface area contributed by atoms with E-state index in [0.29, 0.717) is 5.92 Å². The highest BCUT2D eigenvalue weighted by Gasteiger charge is 2.36. The van der Waals surface area contributed by atoms with Crippen molar-refractivity contribution in [1.29, 1.82) is 0 Å². The largest absolute Gasteiger partial charge is 0.114 e. The summed E-state index contributed by atoms with van der Waals surface area (Å²) in [6.07, 6.45) is 3.57. The average Bonchev–Trinajstić information content (AvgIpc) is 2.70. The van der Waals surface area contributed by atoms with E-state index in [-0.39, 0.29) is 4.75 Å². The Hall–Kier alpha value is -2.25. The van der Waals surface area contributed by atoms with Crippen LogP contribution < -0.4 is 0 Å². The number of thioether (sulfide) groups is 1. The van der Waals surface area contributed by atoms with E-state index in [1.54, 1.807) is 0 Å². The smallest absolute Gasteiger partial charge is 0.0436 e. The SMILES string of the molecule is C[C@]1(c2ccccc2)C[C@H](c2ccccc2)C=C(c2ccccc2)S1. The molecular formula is C24H22S. The second-order valence-electron chi connectivity index (χ2n) is 6.82. The molecule has 1 heterocycles. The minimum Gasteiger partial charge on any atom is -0.114 e. The van der Waals surface area contributed by atoms with E-state index >= 15 is 0 Å². The van der Waals surface area contributed by atoms with Crippen molar-refractivity contribution in [2.45, 2.75) is 24.0 Å². The van der Waals surface area contributed by atoms with Gasteiger partial charge in [-0.15, -0.1) is 11.8 Å². The third-order valence-corrected chi connectivity index (χ3v) is 6.41. The van der Waals surface area contributed by atoms with E-state index in [4.69, 9.17) is 0 Å². The van der Waals surface area contributed by atoms with Gasteiger partial charge in [-0.3, -0.25) is 0 Å². The normalized spacial score (nSPS) is 23.1. The topological polar surface area (TPSA) is 0 Å². The van der Waals surface area contributed by atoms with Crippen LogP contribution in [-0.4, -0.2) is 0 Å². The Kier molecular flexibility index (Phi) is 4.50. The summed E-state index contributed by atoms with van der Waals surface area (Å²) in [6, 6.07) is 32.6. The van der Waals surface area contributed by atoms with Crippen LogP contribution in [0, 0.1) is 0 Å². The number of benzene rings is 3. The molecule has 0 spiro atoms. The summed E-state index contributed by atoms with van der Waals surface area (Å²) < 4.78 is 0.0711. The minimum atomic E-state index is 0.0711. The van der Waals surface area contributed by atoms with E-state index in [1.807, 2.05) is 11.8 Å². The van der Waals surface area contributed by atoms with Crippen LogP contribution in [0.3, 0.4) is 0 Å². The number of allylic oxidation sites excluding steroid dienone is 1. The fourth-order valence-electron chi connectivity index (χ4n) is 3.62. The summed E-state index contributed by atoms with van der Waals surface area (Å²) in [5, 5.41) is 0. The molecule has 0 saturated carbocycles. The van der Waals surface area contributed by atoms with Crippen LogP contribution in [0.4, 0.5) is 0 Å². The van der Waals surface area contributed by atoms with Crippen molar-refractivity contribution in [2.24, 2.45) is 0 Å². The molecule has 124 valence electrons. The van der Waals surface area contributed by atoms with Crippen LogP contribution >= 0.6 is 11.8 Å². The summed E-state index contributed by atoms with van der Waals surface area (Å²) in [5.74, 6) is 0.433. The summed E-state index contributed by atoms with van der Waals surface area (Å²) in [5.41, 5.74) is 4.12.